The van der Waals surface area contributed by atoms with E-state index in [0.717, 1.165) is 60.7 Å². The number of nitrogens with zero attached hydrogens (tertiary/aromatic N) is 1. The first-order valence-electron chi connectivity index (χ1n) is 12.9. The Morgan fingerprint density at radius 3 is 2.41 bits per heavy atom. The number of rotatable bonds is 10. The summed E-state index contributed by atoms with van der Waals surface area (Å²) in [5.41, 5.74) is 4.46. The van der Waals surface area contributed by atoms with Crippen LogP contribution in [-0.4, -0.2) is 68.5 Å². The molecule has 0 aliphatic carbocycles. The molecule has 39 heavy (non-hydrogen) atoms. The van der Waals surface area contributed by atoms with Crippen molar-refractivity contribution in [3.05, 3.63) is 101 Å². The summed E-state index contributed by atoms with van der Waals surface area (Å²) in [6.07, 6.45) is 1.62. The van der Waals surface area contributed by atoms with Crippen LogP contribution in [0.5, 0.6) is 11.5 Å². The second-order valence-electron chi connectivity index (χ2n) is 9.11. The van der Waals surface area contributed by atoms with Crippen LogP contribution in [0.3, 0.4) is 0 Å². The zero-order valence-electron chi connectivity index (χ0n) is 21.9. The average Bonchev–Trinajstić information content (AvgIpc) is 2.97. The summed E-state index contributed by atoms with van der Waals surface area (Å²) in [4.78, 5) is 13.2. The largest absolute Gasteiger partial charge is 0.489 e. The third-order valence-electron chi connectivity index (χ3n) is 6.28. The predicted octanol–water partition coefficient (Wildman–Crippen LogP) is 4.27. The number of carbonyl (C=O) groups is 1. The smallest absolute Gasteiger partial charge is 0.176 e. The third kappa shape index (κ3) is 8.26. The first kappa shape index (κ1) is 28.1. The Balaban J connectivity index is 1.46. The minimum Gasteiger partial charge on any atom is -0.489 e. The van der Waals surface area contributed by atoms with Gasteiger partial charge in [-0.05, 0) is 77.7 Å². The number of aliphatic hydroxyl groups excluding tert-OH is 1. The Labute approximate surface area is 228 Å². The Bertz CT molecular complexity index is 1320. The average molecular weight is 530 g/mol. The Morgan fingerprint density at radius 2 is 1.77 bits per heavy atom. The molecular weight excluding hydrogens is 497 g/mol. The minimum atomic E-state index is -0.904. The van der Waals surface area contributed by atoms with E-state index in [4.69, 9.17) is 14.2 Å². The van der Waals surface area contributed by atoms with Crippen molar-refractivity contribution in [1.29, 1.82) is 0 Å². The molecule has 0 saturated carbocycles. The zero-order chi connectivity index (χ0) is 27.5. The molecule has 3 aromatic rings. The zero-order valence-corrected chi connectivity index (χ0v) is 21.9. The molecule has 1 fully saturated rings. The summed E-state index contributed by atoms with van der Waals surface area (Å²) in [5, 5.41) is 9.19. The maximum Gasteiger partial charge on any atom is 0.176 e. The van der Waals surface area contributed by atoms with E-state index in [1.807, 2.05) is 43.3 Å². The van der Waals surface area contributed by atoms with Crippen molar-refractivity contribution in [2.45, 2.75) is 13.0 Å². The maximum absolute atomic E-state index is 13.6. The van der Waals surface area contributed by atoms with Crippen LogP contribution in [0.1, 0.15) is 22.3 Å². The first-order valence-corrected chi connectivity index (χ1v) is 12.9. The Hall–Kier alpha value is -3.96. The van der Waals surface area contributed by atoms with Crippen molar-refractivity contribution in [1.82, 2.24) is 4.90 Å². The van der Waals surface area contributed by atoms with Crippen LogP contribution >= 0.6 is 0 Å². The van der Waals surface area contributed by atoms with Crippen LogP contribution in [0.4, 0.5) is 4.39 Å². The highest BCUT2D eigenvalue weighted by molar-refractivity contribution is 5.80. The lowest BCUT2D eigenvalue weighted by Gasteiger charge is -2.24. The van der Waals surface area contributed by atoms with Gasteiger partial charge in [0.15, 0.2) is 12.4 Å². The molecular formula is C32H32FNO5. The molecule has 0 bridgehead atoms. The predicted molar refractivity (Wildman–Crippen MR) is 148 cm³/mol. The minimum absolute atomic E-state index is 0.279. The van der Waals surface area contributed by atoms with Crippen molar-refractivity contribution >= 4 is 11.9 Å². The van der Waals surface area contributed by atoms with E-state index in [9.17, 15) is 14.3 Å². The number of ether oxygens (including phenoxy) is 3. The van der Waals surface area contributed by atoms with Gasteiger partial charge >= 0.3 is 0 Å². The van der Waals surface area contributed by atoms with Crippen molar-refractivity contribution in [3.8, 4) is 23.3 Å². The molecule has 1 aliphatic heterocycles. The Kier molecular flexibility index (Phi) is 10.3. The standard InChI is InChI=1S/C32H32FNO5/c1-24-21-29(12-13-32(24)39-30(22-35)23-36)38-18-14-31(27-8-10-28(33)11-9-27)26-6-4-25(5-7-26)3-2-15-34-16-19-37-20-17-34/h4-14,21-22,30,36H,15-20,23H2,1H3/b31-14+. The number of benzene rings is 3. The molecule has 7 heteroatoms. The van der Waals surface area contributed by atoms with Gasteiger partial charge in [0.25, 0.3) is 0 Å². The molecule has 1 aliphatic rings. The van der Waals surface area contributed by atoms with Gasteiger partial charge < -0.3 is 19.3 Å². The lowest BCUT2D eigenvalue weighted by atomic mass is 9.96. The number of hydrogen-bond acceptors (Lipinski definition) is 6. The lowest BCUT2D eigenvalue weighted by molar-refractivity contribution is -0.115. The topological polar surface area (TPSA) is 68.2 Å². The maximum atomic E-state index is 13.6. The molecule has 0 amide bonds. The SMILES string of the molecule is Cc1cc(OC/C=C(/c2ccc(F)cc2)c2ccc(C#CCN3CCOCC3)cc2)ccc1OC(C=O)CO. The molecule has 6 nitrogen and oxygen atoms in total. The van der Waals surface area contributed by atoms with Crippen LogP contribution in [0.15, 0.2) is 72.8 Å². The van der Waals surface area contributed by atoms with Crippen molar-refractivity contribution in [3.63, 3.8) is 0 Å². The summed E-state index contributed by atoms with van der Waals surface area (Å²) in [6, 6.07) is 19.6. The fraction of sp³-hybridized carbons (Fsp3) is 0.281. The normalized spacial score (nSPS) is 14.7. The van der Waals surface area contributed by atoms with Crippen LogP contribution < -0.4 is 9.47 Å². The highest BCUT2D eigenvalue weighted by Gasteiger charge is 2.11. The summed E-state index contributed by atoms with van der Waals surface area (Å²) in [5.74, 6) is 7.31. The van der Waals surface area contributed by atoms with Gasteiger partial charge in [-0.1, -0.05) is 36.1 Å². The van der Waals surface area contributed by atoms with Gasteiger partial charge in [0.05, 0.1) is 26.4 Å². The van der Waals surface area contributed by atoms with Crippen molar-refractivity contribution < 1.29 is 28.5 Å². The molecule has 3 aromatic carbocycles. The number of aldehydes is 1. The molecule has 202 valence electrons. The molecule has 0 aromatic heterocycles. The number of aliphatic hydroxyl groups is 1. The summed E-state index contributed by atoms with van der Waals surface area (Å²) in [6.45, 7) is 5.77. The second kappa shape index (κ2) is 14.3. The fourth-order valence-corrected chi connectivity index (χ4v) is 4.11. The Morgan fingerprint density at radius 1 is 1.08 bits per heavy atom. The molecule has 1 unspecified atom stereocenters. The van der Waals surface area contributed by atoms with E-state index in [1.165, 1.54) is 12.1 Å². The van der Waals surface area contributed by atoms with Crippen LogP contribution in [0.2, 0.25) is 0 Å². The molecule has 1 saturated heterocycles. The molecule has 1 N–H and O–H groups in total. The van der Waals surface area contributed by atoms with Crippen LogP contribution in [0.25, 0.3) is 5.57 Å². The van der Waals surface area contributed by atoms with E-state index in [0.29, 0.717) is 17.8 Å². The molecule has 1 heterocycles. The second-order valence-corrected chi connectivity index (χ2v) is 9.11. The quantitative estimate of drug-likeness (QED) is 0.313. The highest BCUT2D eigenvalue weighted by Crippen LogP contribution is 2.26. The van der Waals surface area contributed by atoms with E-state index in [-0.39, 0.29) is 19.0 Å². The van der Waals surface area contributed by atoms with Gasteiger partial charge in [0.2, 0.25) is 0 Å². The van der Waals surface area contributed by atoms with Gasteiger partial charge in [0.1, 0.15) is 23.9 Å². The van der Waals surface area contributed by atoms with E-state index < -0.39 is 6.10 Å². The number of carbonyl (C=O) groups excluding carboxylic acids is 1. The van der Waals surface area contributed by atoms with Crippen molar-refractivity contribution in [2.75, 3.05) is 46.1 Å². The first-order chi connectivity index (χ1) is 19.1. The number of hydrogen-bond donors (Lipinski definition) is 1. The summed E-state index contributed by atoms with van der Waals surface area (Å²) in [7, 11) is 0. The number of halogens is 1. The molecule has 1 atom stereocenters. The van der Waals surface area contributed by atoms with Gasteiger partial charge in [-0.15, -0.1) is 0 Å². The van der Waals surface area contributed by atoms with E-state index in [2.05, 4.69) is 16.7 Å². The van der Waals surface area contributed by atoms with Crippen LogP contribution in [-0.2, 0) is 9.53 Å². The van der Waals surface area contributed by atoms with Gasteiger partial charge in [-0.2, -0.15) is 0 Å². The monoisotopic (exact) mass is 529 g/mol. The van der Waals surface area contributed by atoms with Crippen LogP contribution in [0, 0.1) is 24.6 Å². The highest BCUT2D eigenvalue weighted by atomic mass is 19.1. The van der Waals surface area contributed by atoms with Gasteiger partial charge in [-0.25, -0.2) is 4.39 Å². The van der Waals surface area contributed by atoms with E-state index >= 15 is 0 Å². The van der Waals surface area contributed by atoms with Crippen molar-refractivity contribution in [2.24, 2.45) is 0 Å². The lowest BCUT2D eigenvalue weighted by Crippen LogP contribution is -2.36. The molecule has 0 radical (unpaired) electrons. The number of morpholine rings is 1. The van der Waals surface area contributed by atoms with Gasteiger partial charge in [-0.3, -0.25) is 9.69 Å². The van der Waals surface area contributed by atoms with Gasteiger partial charge in [0, 0.05) is 18.7 Å². The summed E-state index contributed by atoms with van der Waals surface area (Å²) >= 11 is 0. The fourth-order valence-electron chi connectivity index (χ4n) is 4.11. The third-order valence-corrected chi connectivity index (χ3v) is 6.28. The number of aryl methyl sites for hydroxylation is 1. The van der Waals surface area contributed by atoms with E-state index in [1.54, 1.807) is 24.3 Å². The molecule has 0 spiro atoms. The summed E-state index contributed by atoms with van der Waals surface area (Å²) < 4.78 is 30.5. The molecule has 4 rings (SSSR count).